The first-order chi connectivity index (χ1) is 20.1. The van der Waals surface area contributed by atoms with Crippen molar-refractivity contribution in [2.45, 2.75) is 64.2 Å². The quantitative estimate of drug-likeness (QED) is 0.0646. The molecule has 10 nitrogen and oxygen atoms in total. The summed E-state index contributed by atoms with van der Waals surface area (Å²) in [7, 11) is -4.06. The maximum absolute atomic E-state index is 11.9. The van der Waals surface area contributed by atoms with Gasteiger partial charge in [-0.15, -0.1) is 0 Å². The number of carbonyl (C=O) groups excluding carboxylic acids is 4. The maximum Gasteiger partial charge on any atom is 0.379 e. The zero-order chi connectivity index (χ0) is 32.3. The molecule has 2 aromatic rings. The molecule has 0 bridgehead atoms. The van der Waals surface area contributed by atoms with Gasteiger partial charge in [0.1, 0.15) is 11.5 Å². The van der Waals surface area contributed by atoms with Gasteiger partial charge in [0.05, 0.1) is 27.4 Å². The van der Waals surface area contributed by atoms with Gasteiger partial charge in [-0.05, 0) is 113 Å². The summed E-state index contributed by atoms with van der Waals surface area (Å²) in [5, 5.41) is 0. The summed E-state index contributed by atoms with van der Waals surface area (Å²) in [6, 6.07) is 14.7. The lowest BCUT2D eigenvalue weighted by Crippen LogP contribution is -2.52. The molecular weight excluding hydrogens is 605 g/mol. The first-order valence-electron chi connectivity index (χ1n) is 14.2. The van der Waals surface area contributed by atoms with Crippen LogP contribution in [0.25, 0.3) is 0 Å². The molecule has 0 aliphatic rings. The molecule has 2 rings (SSSR count). The van der Waals surface area contributed by atoms with Crippen molar-refractivity contribution in [3.05, 3.63) is 59.7 Å². The molecule has 0 heterocycles. The zero-order valence-corrected chi connectivity index (χ0v) is 29.4. The van der Waals surface area contributed by atoms with Crippen molar-refractivity contribution in [3.63, 3.8) is 0 Å². The summed E-state index contributed by atoms with van der Waals surface area (Å²) in [4.78, 5) is 46.5. The van der Waals surface area contributed by atoms with Gasteiger partial charge in [0, 0.05) is 11.1 Å². The Morgan fingerprint density at radius 2 is 0.884 bits per heavy atom. The summed E-state index contributed by atoms with van der Waals surface area (Å²) >= 11 is 0. The molecule has 0 amide bonds. The third-order valence-electron chi connectivity index (χ3n) is 6.40. The van der Waals surface area contributed by atoms with Gasteiger partial charge in [-0.2, -0.15) is 0 Å². The van der Waals surface area contributed by atoms with Crippen molar-refractivity contribution < 1.29 is 46.4 Å². The van der Waals surface area contributed by atoms with E-state index in [4.69, 9.17) is 17.7 Å². The van der Waals surface area contributed by atoms with Crippen LogP contribution in [0, 0.1) is 0 Å². The SMILES string of the molecule is COC(=O)C(=O)c1ccc(OCCC[Si](C)(C)O[Si](C)(C)O[Si](C)(C)CCCOc2ccc(C(=O)C(=O)OC)cc2)cc1. The maximum atomic E-state index is 11.9. The molecule has 0 aromatic heterocycles. The van der Waals surface area contributed by atoms with Gasteiger partial charge >= 0.3 is 20.5 Å². The molecule has 43 heavy (non-hydrogen) atoms. The lowest BCUT2D eigenvalue weighted by Gasteiger charge is -2.38. The molecule has 0 saturated carbocycles. The van der Waals surface area contributed by atoms with Crippen molar-refractivity contribution >= 4 is 48.7 Å². The Labute approximate surface area is 257 Å². The van der Waals surface area contributed by atoms with E-state index in [-0.39, 0.29) is 11.1 Å². The van der Waals surface area contributed by atoms with Crippen LogP contribution in [0.15, 0.2) is 48.5 Å². The molecule has 0 fully saturated rings. The van der Waals surface area contributed by atoms with E-state index in [9.17, 15) is 19.2 Å². The number of hydrogen-bond acceptors (Lipinski definition) is 10. The summed E-state index contributed by atoms with van der Waals surface area (Å²) in [5.74, 6) is -1.91. The third-order valence-corrected chi connectivity index (χ3v) is 17.9. The highest BCUT2D eigenvalue weighted by atomic mass is 28.5. The summed E-state index contributed by atoms with van der Waals surface area (Å²) < 4.78 is 34.0. The summed E-state index contributed by atoms with van der Waals surface area (Å²) in [6.45, 7) is 14.0. The van der Waals surface area contributed by atoms with Crippen LogP contribution in [-0.2, 0) is 27.3 Å². The Morgan fingerprint density at radius 3 is 1.19 bits per heavy atom. The minimum atomic E-state index is -2.38. The minimum Gasteiger partial charge on any atom is -0.494 e. The Morgan fingerprint density at radius 1 is 0.558 bits per heavy atom. The molecule has 0 radical (unpaired) electrons. The van der Waals surface area contributed by atoms with Gasteiger partial charge in [0.2, 0.25) is 0 Å². The smallest absolute Gasteiger partial charge is 0.379 e. The molecule has 0 saturated heterocycles. The second kappa shape index (κ2) is 16.1. The van der Waals surface area contributed by atoms with Crippen LogP contribution < -0.4 is 9.47 Å². The fourth-order valence-corrected chi connectivity index (χ4v) is 18.7. The molecule has 0 unspecified atom stereocenters. The Hall–Kier alpha value is -3.11. The van der Waals surface area contributed by atoms with E-state index < -0.39 is 48.7 Å². The van der Waals surface area contributed by atoms with E-state index in [2.05, 4.69) is 48.8 Å². The number of carbonyl (C=O) groups is 4. The predicted molar refractivity (Wildman–Crippen MR) is 170 cm³/mol. The van der Waals surface area contributed by atoms with Crippen molar-refractivity contribution in [3.8, 4) is 11.5 Å². The van der Waals surface area contributed by atoms with Crippen LogP contribution in [0.4, 0.5) is 0 Å². The first-order valence-corrected chi connectivity index (χ1v) is 23.2. The van der Waals surface area contributed by atoms with E-state index in [1.807, 2.05) is 0 Å². The molecule has 2 aromatic carbocycles. The fraction of sp³-hybridized carbons (Fsp3) is 0.467. The van der Waals surface area contributed by atoms with Gasteiger partial charge in [-0.25, -0.2) is 9.59 Å². The Balaban J connectivity index is 1.74. The van der Waals surface area contributed by atoms with Crippen molar-refractivity contribution in [2.75, 3.05) is 27.4 Å². The molecular formula is C30H44O10Si3. The van der Waals surface area contributed by atoms with Crippen LogP contribution >= 0.6 is 0 Å². The van der Waals surface area contributed by atoms with Crippen molar-refractivity contribution in [1.29, 1.82) is 0 Å². The van der Waals surface area contributed by atoms with Crippen molar-refractivity contribution in [2.24, 2.45) is 0 Å². The highest BCUT2D eigenvalue weighted by molar-refractivity contribution is 6.87. The van der Waals surface area contributed by atoms with E-state index in [0.29, 0.717) is 24.7 Å². The number of benzene rings is 2. The van der Waals surface area contributed by atoms with Gasteiger partial charge < -0.3 is 27.2 Å². The van der Waals surface area contributed by atoms with Crippen LogP contribution in [0.1, 0.15) is 33.6 Å². The molecule has 0 N–H and O–H groups in total. The summed E-state index contributed by atoms with van der Waals surface area (Å²) in [5.41, 5.74) is 0.517. The fourth-order valence-electron chi connectivity index (χ4n) is 4.66. The lowest BCUT2D eigenvalue weighted by atomic mass is 10.1. The highest BCUT2D eigenvalue weighted by Gasteiger charge is 2.39. The average Bonchev–Trinajstić information content (AvgIpc) is 2.95. The third kappa shape index (κ3) is 12.6. The predicted octanol–water partition coefficient (Wildman–Crippen LogP) is 5.78. The lowest BCUT2D eigenvalue weighted by molar-refractivity contribution is -0.135. The number of ether oxygens (including phenoxy) is 4. The highest BCUT2D eigenvalue weighted by Crippen LogP contribution is 2.26. The van der Waals surface area contributed by atoms with Gasteiger partial charge in [0.15, 0.2) is 16.6 Å². The molecule has 13 heteroatoms. The average molecular weight is 649 g/mol. The van der Waals surface area contributed by atoms with Crippen molar-refractivity contribution in [1.82, 2.24) is 0 Å². The number of ketones is 2. The van der Waals surface area contributed by atoms with E-state index in [0.717, 1.165) is 24.9 Å². The topological polar surface area (TPSA) is 124 Å². The Bertz CT molecular complexity index is 1150. The second-order valence-electron chi connectivity index (χ2n) is 11.7. The first kappa shape index (κ1) is 36.1. The van der Waals surface area contributed by atoms with Gasteiger partial charge in [0.25, 0.3) is 11.6 Å². The van der Waals surface area contributed by atoms with Gasteiger partial charge in [-0.1, -0.05) is 0 Å². The van der Waals surface area contributed by atoms with Crippen LogP contribution in [-0.4, -0.2) is 76.1 Å². The van der Waals surface area contributed by atoms with Crippen LogP contribution in [0.2, 0.25) is 51.4 Å². The van der Waals surface area contributed by atoms with E-state index in [1.54, 1.807) is 48.5 Å². The number of Topliss-reactive ketones (excluding diaryl/α,β-unsaturated/α-hetero) is 2. The molecule has 236 valence electrons. The largest absolute Gasteiger partial charge is 0.494 e. The number of rotatable bonds is 18. The molecule has 0 spiro atoms. The minimum absolute atomic E-state index is 0.259. The molecule has 0 atom stereocenters. The molecule has 0 aliphatic heterocycles. The van der Waals surface area contributed by atoms with Crippen LogP contribution in [0.3, 0.4) is 0 Å². The van der Waals surface area contributed by atoms with E-state index in [1.165, 1.54) is 14.2 Å². The van der Waals surface area contributed by atoms with E-state index >= 15 is 0 Å². The van der Waals surface area contributed by atoms with Gasteiger partial charge in [-0.3, -0.25) is 9.59 Å². The zero-order valence-electron chi connectivity index (χ0n) is 26.4. The normalized spacial score (nSPS) is 11.9. The summed E-state index contributed by atoms with van der Waals surface area (Å²) in [6.07, 6.45) is 1.64. The number of esters is 2. The number of methoxy groups -OCH3 is 2. The van der Waals surface area contributed by atoms with Crippen LogP contribution in [0.5, 0.6) is 11.5 Å². The Kier molecular flexibility index (Phi) is 13.5. The standard InChI is InChI=1S/C30H44O10Si3/c1-35-29(33)27(31)23-11-15-25(16-12-23)37-19-9-21-41(3,4)39-43(7,8)40-42(5,6)22-10-20-38-26-17-13-24(14-18-26)28(32)30(34)36-2/h11-18H,9-10,19-22H2,1-8H3. The second-order valence-corrected chi connectivity index (χ2v) is 24.2. The number of hydrogen-bond donors (Lipinski definition) is 0. The monoisotopic (exact) mass is 648 g/mol. The molecule has 0 aliphatic carbocycles.